The van der Waals surface area contributed by atoms with Gasteiger partial charge in [-0.1, -0.05) is 32.1 Å². The SMILES string of the molecule is C/C=C/C=C/C(=O)N1CC(NC(=O)/C=C/c2ccn(C)c2)C(C)(C)C1. The predicted octanol–water partition coefficient (Wildman–Crippen LogP) is 2.52. The Balaban J connectivity index is 1.95. The van der Waals surface area contributed by atoms with Crippen LogP contribution in [0.2, 0.25) is 0 Å². The average molecular weight is 341 g/mol. The quantitative estimate of drug-likeness (QED) is 0.661. The summed E-state index contributed by atoms with van der Waals surface area (Å²) in [7, 11) is 1.94. The number of rotatable bonds is 5. The highest BCUT2D eigenvalue weighted by Crippen LogP contribution is 2.29. The van der Waals surface area contributed by atoms with Crippen LogP contribution in [0.4, 0.5) is 0 Å². The third kappa shape index (κ3) is 5.21. The van der Waals surface area contributed by atoms with Crippen LogP contribution in [0.25, 0.3) is 6.08 Å². The molecule has 1 N–H and O–H groups in total. The molecule has 1 saturated heterocycles. The number of nitrogens with one attached hydrogen (secondary N) is 1. The van der Waals surface area contributed by atoms with Gasteiger partial charge in [-0.3, -0.25) is 9.59 Å². The van der Waals surface area contributed by atoms with Gasteiger partial charge < -0.3 is 14.8 Å². The van der Waals surface area contributed by atoms with Gasteiger partial charge >= 0.3 is 0 Å². The Morgan fingerprint density at radius 3 is 2.68 bits per heavy atom. The second kappa shape index (κ2) is 8.01. The summed E-state index contributed by atoms with van der Waals surface area (Å²) < 4.78 is 1.93. The minimum Gasteiger partial charge on any atom is -0.357 e. The van der Waals surface area contributed by atoms with Crippen molar-refractivity contribution in [2.75, 3.05) is 13.1 Å². The molecule has 0 bridgehead atoms. The maximum Gasteiger partial charge on any atom is 0.246 e. The fraction of sp³-hybridized carbons (Fsp3) is 0.400. The summed E-state index contributed by atoms with van der Waals surface area (Å²) >= 11 is 0. The molecule has 1 atom stereocenters. The van der Waals surface area contributed by atoms with Crippen LogP contribution in [-0.2, 0) is 16.6 Å². The first-order valence-electron chi connectivity index (χ1n) is 8.50. The molecule has 1 aliphatic rings. The molecule has 134 valence electrons. The molecule has 5 nitrogen and oxygen atoms in total. The molecule has 5 heteroatoms. The third-order valence-corrected chi connectivity index (χ3v) is 4.40. The van der Waals surface area contributed by atoms with Crippen molar-refractivity contribution in [2.24, 2.45) is 12.5 Å². The molecule has 25 heavy (non-hydrogen) atoms. The van der Waals surface area contributed by atoms with Crippen molar-refractivity contribution >= 4 is 17.9 Å². The molecule has 1 unspecified atom stereocenters. The summed E-state index contributed by atoms with van der Waals surface area (Å²) in [6.07, 6.45) is 14.2. The van der Waals surface area contributed by atoms with Crippen LogP contribution < -0.4 is 5.32 Å². The number of carbonyl (C=O) groups is 2. The van der Waals surface area contributed by atoms with E-state index in [-0.39, 0.29) is 23.3 Å². The summed E-state index contributed by atoms with van der Waals surface area (Å²) in [5, 5.41) is 3.03. The minimum atomic E-state index is -0.166. The van der Waals surface area contributed by atoms with Gasteiger partial charge in [-0.05, 0) is 24.6 Å². The molecular weight excluding hydrogens is 314 g/mol. The van der Waals surface area contributed by atoms with Crippen molar-refractivity contribution in [1.29, 1.82) is 0 Å². The number of hydrogen-bond acceptors (Lipinski definition) is 2. The van der Waals surface area contributed by atoms with Gasteiger partial charge in [0.25, 0.3) is 0 Å². The second-order valence-corrected chi connectivity index (χ2v) is 7.10. The van der Waals surface area contributed by atoms with Crippen molar-refractivity contribution in [3.63, 3.8) is 0 Å². The lowest BCUT2D eigenvalue weighted by Crippen LogP contribution is -2.43. The summed E-state index contributed by atoms with van der Waals surface area (Å²) in [6, 6.07) is 1.88. The van der Waals surface area contributed by atoms with Crippen LogP contribution in [0.15, 0.2) is 48.8 Å². The smallest absolute Gasteiger partial charge is 0.246 e. The van der Waals surface area contributed by atoms with Crippen molar-refractivity contribution in [3.05, 3.63) is 54.4 Å². The van der Waals surface area contributed by atoms with Crippen molar-refractivity contribution in [1.82, 2.24) is 14.8 Å². The van der Waals surface area contributed by atoms with E-state index >= 15 is 0 Å². The zero-order chi connectivity index (χ0) is 18.4. The van der Waals surface area contributed by atoms with Crippen LogP contribution in [0.3, 0.4) is 0 Å². The Hall–Kier alpha value is -2.56. The van der Waals surface area contributed by atoms with Gasteiger partial charge in [0.2, 0.25) is 11.8 Å². The average Bonchev–Trinajstić information content (AvgIpc) is 3.09. The number of carbonyl (C=O) groups excluding carboxylic acids is 2. The number of amides is 2. The first-order chi connectivity index (χ1) is 11.8. The van der Waals surface area contributed by atoms with E-state index in [1.54, 1.807) is 29.2 Å². The Morgan fingerprint density at radius 2 is 2.04 bits per heavy atom. The fourth-order valence-corrected chi connectivity index (χ4v) is 2.91. The molecule has 1 aromatic rings. The zero-order valence-corrected chi connectivity index (χ0v) is 15.4. The summed E-state index contributed by atoms with van der Waals surface area (Å²) in [5.41, 5.74) is 0.814. The van der Waals surface area contributed by atoms with E-state index in [0.29, 0.717) is 13.1 Å². The maximum atomic E-state index is 12.2. The molecule has 0 aromatic carbocycles. The van der Waals surface area contributed by atoms with Crippen LogP contribution in [0, 0.1) is 5.41 Å². The fourth-order valence-electron chi connectivity index (χ4n) is 2.91. The van der Waals surface area contributed by atoms with E-state index in [1.165, 1.54) is 0 Å². The molecular formula is C20H27N3O2. The first-order valence-corrected chi connectivity index (χ1v) is 8.50. The van der Waals surface area contributed by atoms with Gasteiger partial charge in [0.15, 0.2) is 0 Å². The van der Waals surface area contributed by atoms with E-state index in [0.717, 1.165) is 5.56 Å². The van der Waals surface area contributed by atoms with Crippen molar-refractivity contribution in [2.45, 2.75) is 26.8 Å². The second-order valence-electron chi connectivity index (χ2n) is 7.10. The van der Waals surface area contributed by atoms with E-state index in [1.807, 2.05) is 49.2 Å². The summed E-state index contributed by atoms with van der Waals surface area (Å²) in [5.74, 6) is -0.163. The molecule has 1 fully saturated rings. The molecule has 2 heterocycles. The van der Waals surface area contributed by atoms with Crippen LogP contribution in [0.1, 0.15) is 26.3 Å². The summed E-state index contributed by atoms with van der Waals surface area (Å²) in [6.45, 7) is 7.20. The standard InChI is InChI=1S/C20H27N3O2/c1-5-6-7-8-19(25)23-14-17(20(2,3)15-23)21-18(24)10-9-16-11-12-22(4)13-16/h5-13,17H,14-15H2,1-4H3,(H,21,24)/b6-5+,8-7+,10-9+. The van der Waals surface area contributed by atoms with E-state index < -0.39 is 0 Å². The van der Waals surface area contributed by atoms with Gasteiger partial charge in [0.05, 0.1) is 6.04 Å². The minimum absolute atomic E-state index is 0.0252. The lowest BCUT2D eigenvalue weighted by atomic mass is 9.88. The highest BCUT2D eigenvalue weighted by atomic mass is 16.2. The summed E-state index contributed by atoms with van der Waals surface area (Å²) in [4.78, 5) is 26.2. The number of hydrogen-bond donors (Lipinski definition) is 1. The Bertz CT molecular complexity index is 710. The molecule has 0 aliphatic carbocycles. The highest BCUT2D eigenvalue weighted by molar-refractivity contribution is 5.92. The van der Waals surface area contributed by atoms with Crippen molar-refractivity contribution in [3.8, 4) is 0 Å². The van der Waals surface area contributed by atoms with E-state index in [2.05, 4.69) is 19.2 Å². The number of allylic oxidation sites excluding steroid dienone is 3. The monoisotopic (exact) mass is 341 g/mol. The topological polar surface area (TPSA) is 54.3 Å². The number of nitrogens with zero attached hydrogens (tertiary/aromatic N) is 2. The van der Waals surface area contributed by atoms with Gasteiger partial charge in [0.1, 0.15) is 0 Å². The van der Waals surface area contributed by atoms with Crippen LogP contribution >= 0.6 is 0 Å². The number of aromatic nitrogens is 1. The Kier molecular flexibility index (Phi) is 6.02. The highest BCUT2D eigenvalue weighted by Gasteiger charge is 2.41. The van der Waals surface area contributed by atoms with E-state index in [4.69, 9.17) is 0 Å². The Labute approximate surface area is 149 Å². The molecule has 2 amide bonds. The lowest BCUT2D eigenvalue weighted by Gasteiger charge is -2.25. The molecule has 1 aliphatic heterocycles. The maximum absolute atomic E-state index is 12.2. The largest absolute Gasteiger partial charge is 0.357 e. The molecule has 0 radical (unpaired) electrons. The van der Waals surface area contributed by atoms with Gasteiger partial charge in [0, 0.05) is 50.1 Å². The number of likely N-dealkylation sites (tertiary alicyclic amines) is 1. The van der Waals surface area contributed by atoms with Crippen LogP contribution in [0.5, 0.6) is 0 Å². The molecule has 0 spiro atoms. The number of aryl methyl sites for hydroxylation is 1. The van der Waals surface area contributed by atoms with Gasteiger partial charge in [-0.15, -0.1) is 0 Å². The van der Waals surface area contributed by atoms with Crippen molar-refractivity contribution < 1.29 is 9.59 Å². The molecule has 1 aromatic heterocycles. The van der Waals surface area contributed by atoms with E-state index in [9.17, 15) is 9.59 Å². The predicted molar refractivity (Wildman–Crippen MR) is 101 cm³/mol. The lowest BCUT2D eigenvalue weighted by molar-refractivity contribution is -0.125. The zero-order valence-electron chi connectivity index (χ0n) is 15.4. The third-order valence-electron chi connectivity index (χ3n) is 4.40. The van der Waals surface area contributed by atoms with Gasteiger partial charge in [-0.2, -0.15) is 0 Å². The Morgan fingerprint density at radius 1 is 1.28 bits per heavy atom. The molecule has 0 saturated carbocycles. The first kappa shape index (κ1) is 18.8. The van der Waals surface area contributed by atoms with Gasteiger partial charge in [-0.25, -0.2) is 0 Å². The normalized spacial score (nSPS) is 20.2. The molecule has 2 rings (SSSR count). The van der Waals surface area contributed by atoms with Crippen LogP contribution in [-0.4, -0.2) is 40.4 Å².